The zero-order valence-corrected chi connectivity index (χ0v) is 11.8. The van der Waals surface area contributed by atoms with Crippen molar-refractivity contribution in [1.29, 1.82) is 0 Å². The summed E-state index contributed by atoms with van der Waals surface area (Å²) in [6.45, 7) is 3.02. The number of nitrogens with one attached hydrogen (secondary N) is 1. The van der Waals surface area contributed by atoms with Gasteiger partial charge in [-0.3, -0.25) is 0 Å². The van der Waals surface area contributed by atoms with Crippen molar-refractivity contribution in [2.45, 2.75) is 32.4 Å². The van der Waals surface area contributed by atoms with Crippen LogP contribution in [0.5, 0.6) is 0 Å². The van der Waals surface area contributed by atoms with Gasteiger partial charge in [-0.05, 0) is 31.9 Å². The minimum atomic E-state index is 0.737. The molecule has 1 fully saturated rings. The second kappa shape index (κ2) is 5.00. The maximum absolute atomic E-state index is 6.02. The van der Waals surface area contributed by atoms with Gasteiger partial charge in [0, 0.05) is 28.0 Å². The Morgan fingerprint density at radius 1 is 1.44 bits per heavy atom. The van der Waals surface area contributed by atoms with E-state index < -0.39 is 0 Å². The molecule has 0 aliphatic heterocycles. The molecule has 1 N–H and O–H groups in total. The van der Waals surface area contributed by atoms with Crippen molar-refractivity contribution in [3.05, 3.63) is 39.9 Å². The van der Waals surface area contributed by atoms with E-state index in [1.807, 2.05) is 18.2 Å². The van der Waals surface area contributed by atoms with Crippen molar-refractivity contribution in [2.24, 2.45) is 0 Å². The monoisotopic (exact) mass is 278 g/mol. The first-order chi connectivity index (χ1) is 8.72. The lowest BCUT2D eigenvalue weighted by Crippen LogP contribution is -2.14. The summed E-state index contributed by atoms with van der Waals surface area (Å²) in [6.07, 6.45) is 2.64. The Kier molecular flexibility index (Phi) is 3.37. The van der Waals surface area contributed by atoms with Crippen molar-refractivity contribution in [3.63, 3.8) is 0 Å². The highest BCUT2D eigenvalue weighted by atomic mass is 35.5. The molecule has 0 amide bonds. The van der Waals surface area contributed by atoms with E-state index in [0.717, 1.165) is 33.9 Å². The molecule has 1 aromatic heterocycles. The van der Waals surface area contributed by atoms with E-state index in [-0.39, 0.29) is 0 Å². The molecular formula is C14H15ClN2S. The van der Waals surface area contributed by atoms with Crippen molar-refractivity contribution in [2.75, 3.05) is 0 Å². The molecule has 94 valence electrons. The lowest BCUT2D eigenvalue weighted by molar-refractivity contribution is 0.691. The summed E-state index contributed by atoms with van der Waals surface area (Å²) < 4.78 is 0. The Morgan fingerprint density at radius 3 is 3.00 bits per heavy atom. The van der Waals surface area contributed by atoms with Crippen LogP contribution in [0.3, 0.4) is 0 Å². The molecular weight excluding hydrogens is 264 g/mol. The van der Waals surface area contributed by atoms with Crippen LogP contribution in [0.25, 0.3) is 10.6 Å². The van der Waals surface area contributed by atoms with E-state index in [0.29, 0.717) is 0 Å². The van der Waals surface area contributed by atoms with Gasteiger partial charge in [-0.2, -0.15) is 0 Å². The Bertz CT molecular complexity index is 561. The number of thiazole rings is 1. The third-order valence-corrected chi connectivity index (χ3v) is 4.53. The van der Waals surface area contributed by atoms with E-state index in [1.54, 1.807) is 11.3 Å². The highest BCUT2D eigenvalue weighted by Gasteiger charge is 2.21. The Balaban J connectivity index is 1.82. The maximum atomic E-state index is 6.02. The second-order valence-corrected chi connectivity index (χ2v) is 6.21. The summed E-state index contributed by atoms with van der Waals surface area (Å²) in [6, 6.07) is 8.62. The summed E-state index contributed by atoms with van der Waals surface area (Å²) in [5.41, 5.74) is 2.23. The fourth-order valence-corrected chi connectivity index (χ4v) is 3.06. The first kappa shape index (κ1) is 12.2. The van der Waals surface area contributed by atoms with Crippen molar-refractivity contribution in [1.82, 2.24) is 10.3 Å². The average Bonchev–Trinajstić information content (AvgIpc) is 3.10. The van der Waals surface area contributed by atoms with Gasteiger partial charge in [0.05, 0.1) is 5.69 Å². The van der Waals surface area contributed by atoms with Gasteiger partial charge in [-0.25, -0.2) is 4.98 Å². The number of nitrogens with zero attached hydrogens (tertiary/aromatic N) is 1. The summed E-state index contributed by atoms with van der Waals surface area (Å²) >= 11 is 7.78. The van der Waals surface area contributed by atoms with Crippen molar-refractivity contribution in [3.8, 4) is 10.6 Å². The number of aryl methyl sites for hydroxylation is 1. The molecule has 0 bridgehead atoms. The smallest absolute Gasteiger partial charge is 0.123 e. The number of aromatic nitrogens is 1. The first-order valence-corrected chi connectivity index (χ1v) is 7.37. The van der Waals surface area contributed by atoms with E-state index in [9.17, 15) is 0 Å². The van der Waals surface area contributed by atoms with Crippen LogP contribution in [-0.2, 0) is 6.54 Å². The van der Waals surface area contributed by atoms with E-state index in [2.05, 4.69) is 23.3 Å². The minimum Gasteiger partial charge on any atom is -0.309 e. The predicted octanol–water partition coefficient (Wildman–Crippen LogP) is 4.02. The van der Waals surface area contributed by atoms with Crippen LogP contribution in [-0.4, -0.2) is 11.0 Å². The van der Waals surface area contributed by atoms with Gasteiger partial charge in [-0.1, -0.05) is 23.7 Å². The van der Waals surface area contributed by atoms with Gasteiger partial charge in [0.2, 0.25) is 0 Å². The number of hydrogen-bond donors (Lipinski definition) is 1. The predicted molar refractivity (Wildman–Crippen MR) is 77.2 cm³/mol. The van der Waals surface area contributed by atoms with Gasteiger partial charge in [0.25, 0.3) is 0 Å². The number of hydrogen-bond acceptors (Lipinski definition) is 3. The number of benzene rings is 1. The maximum Gasteiger partial charge on any atom is 0.123 e. The van der Waals surface area contributed by atoms with E-state index in [4.69, 9.17) is 11.6 Å². The zero-order valence-electron chi connectivity index (χ0n) is 10.2. The fourth-order valence-electron chi connectivity index (χ4n) is 1.86. The lowest BCUT2D eigenvalue weighted by atomic mass is 10.2. The van der Waals surface area contributed by atoms with Crippen LogP contribution in [0.2, 0.25) is 5.02 Å². The minimum absolute atomic E-state index is 0.737. The van der Waals surface area contributed by atoms with Crippen LogP contribution in [0, 0.1) is 6.92 Å². The van der Waals surface area contributed by atoms with E-state index >= 15 is 0 Å². The van der Waals surface area contributed by atoms with Gasteiger partial charge in [-0.15, -0.1) is 11.3 Å². The van der Waals surface area contributed by atoms with Gasteiger partial charge >= 0.3 is 0 Å². The molecule has 1 aliphatic rings. The van der Waals surface area contributed by atoms with Gasteiger partial charge in [0.15, 0.2) is 0 Å². The largest absolute Gasteiger partial charge is 0.309 e. The molecule has 1 aromatic carbocycles. The third kappa shape index (κ3) is 2.74. The molecule has 1 heterocycles. The summed E-state index contributed by atoms with van der Waals surface area (Å²) in [4.78, 5) is 5.97. The molecule has 0 saturated heterocycles. The normalized spacial score (nSPS) is 15.0. The highest BCUT2D eigenvalue weighted by molar-refractivity contribution is 7.15. The SMILES string of the molecule is Cc1nc(-c2cccc(Cl)c2)sc1CNC1CC1. The van der Waals surface area contributed by atoms with Crippen molar-refractivity contribution >= 4 is 22.9 Å². The topological polar surface area (TPSA) is 24.9 Å². The average molecular weight is 279 g/mol. The van der Waals surface area contributed by atoms with E-state index in [1.165, 1.54) is 17.7 Å². The quantitative estimate of drug-likeness (QED) is 0.914. The Labute approximate surface area is 116 Å². The van der Waals surface area contributed by atoms with Crippen LogP contribution in [0.15, 0.2) is 24.3 Å². The molecule has 1 saturated carbocycles. The summed E-state index contributed by atoms with van der Waals surface area (Å²) in [7, 11) is 0. The van der Waals surface area contributed by atoms with Gasteiger partial charge < -0.3 is 5.32 Å². The Hall–Kier alpha value is -0.900. The molecule has 0 unspecified atom stereocenters. The third-order valence-electron chi connectivity index (χ3n) is 3.09. The molecule has 0 radical (unpaired) electrons. The summed E-state index contributed by atoms with van der Waals surface area (Å²) in [5, 5.41) is 5.35. The number of halogens is 1. The standard InChI is InChI=1S/C14H15ClN2S/c1-9-13(8-16-12-5-6-12)18-14(17-9)10-3-2-4-11(15)7-10/h2-4,7,12,16H,5-6,8H2,1H3. The molecule has 0 atom stereocenters. The lowest BCUT2D eigenvalue weighted by Gasteiger charge is -1.99. The first-order valence-electron chi connectivity index (χ1n) is 6.18. The zero-order chi connectivity index (χ0) is 12.5. The fraction of sp³-hybridized carbons (Fsp3) is 0.357. The van der Waals surface area contributed by atoms with Crippen molar-refractivity contribution < 1.29 is 0 Å². The van der Waals surface area contributed by atoms with Crippen LogP contribution in [0.4, 0.5) is 0 Å². The molecule has 2 nitrogen and oxygen atoms in total. The van der Waals surface area contributed by atoms with Gasteiger partial charge in [0.1, 0.15) is 5.01 Å². The van der Waals surface area contributed by atoms with Crippen LogP contribution in [0.1, 0.15) is 23.4 Å². The molecule has 18 heavy (non-hydrogen) atoms. The number of rotatable bonds is 4. The Morgan fingerprint density at radius 2 is 2.28 bits per heavy atom. The molecule has 0 spiro atoms. The molecule has 2 aromatic rings. The molecule has 4 heteroatoms. The molecule has 3 rings (SSSR count). The highest BCUT2D eigenvalue weighted by Crippen LogP contribution is 2.30. The molecule has 1 aliphatic carbocycles. The van der Waals surface area contributed by atoms with Crippen LogP contribution < -0.4 is 5.32 Å². The van der Waals surface area contributed by atoms with Crippen LogP contribution >= 0.6 is 22.9 Å². The summed E-state index contributed by atoms with van der Waals surface area (Å²) in [5.74, 6) is 0. The second-order valence-electron chi connectivity index (χ2n) is 4.69.